The molecule has 1 aromatic rings. The van der Waals surface area contributed by atoms with E-state index in [4.69, 9.17) is 5.11 Å². The van der Waals surface area contributed by atoms with Crippen molar-refractivity contribution in [3.63, 3.8) is 0 Å². The van der Waals surface area contributed by atoms with Crippen molar-refractivity contribution in [1.29, 1.82) is 0 Å². The lowest BCUT2D eigenvalue weighted by molar-refractivity contribution is -0.134. The standard InChI is InChI=1S/C17H25N3O3/c21-13-7-3-9-15(17(23)20-11-5-1-6-12-20)19-16(22)14-8-2-4-10-18-14/h2,4,8,10,15,21H,1,3,5-7,9,11-13H2,(H,19,22)/t15-/m0/s1. The molecule has 2 rings (SSSR count). The second-order valence-corrected chi connectivity index (χ2v) is 5.85. The van der Waals surface area contributed by atoms with Gasteiger partial charge in [-0.15, -0.1) is 0 Å². The SMILES string of the molecule is O=C(N[C@@H](CCCCO)C(=O)N1CCCCC1)c1ccccn1. The fraction of sp³-hybridized carbons (Fsp3) is 0.588. The first-order chi connectivity index (χ1) is 11.2. The molecule has 1 saturated heterocycles. The van der Waals surface area contributed by atoms with Gasteiger partial charge in [0, 0.05) is 25.9 Å². The van der Waals surface area contributed by atoms with Crippen LogP contribution in [-0.4, -0.2) is 52.5 Å². The average molecular weight is 319 g/mol. The zero-order chi connectivity index (χ0) is 16.5. The summed E-state index contributed by atoms with van der Waals surface area (Å²) in [5.41, 5.74) is 0.311. The summed E-state index contributed by atoms with van der Waals surface area (Å²) in [5, 5.41) is 11.7. The molecule has 1 aliphatic heterocycles. The molecule has 0 radical (unpaired) electrons. The summed E-state index contributed by atoms with van der Waals surface area (Å²) >= 11 is 0. The van der Waals surface area contributed by atoms with Crippen molar-refractivity contribution in [2.45, 2.75) is 44.6 Å². The van der Waals surface area contributed by atoms with E-state index in [1.807, 2.05) is 4.90 Å². The zero-order valence-electron chi connectivity index (χ0n) is 13.4. The number of nitrogens with zero attached hydrogens (tertiary/aromatic N) is 2. The number of likely N-dealkylation sites (tertiary alicyclic amines) is 1. The highest BCUT2D eigenvalue weighted by atomic mass is 16.3. The fourth-order valence-corrected chi connectivity index (χ4v) is 2.78. The number of aromatic nitrogens is 1. The van der Waals surface area contributed by atoms with Gasteiger partial charge in [-0.2, -0.15) is 0 Å². The van der Waals surface area contributed by atoms with E-state index in [1.54, 1.807) is 24.4 Å². The highest BCUT2D eigenvalue weighted by Gasteiger charge is 2.27. The van der Waals surface area contributed by atoms with Gasteiger partial charge in [0.05, 0.1) is 0 Å². The van der Waals surface area contributed by atoms with Crippen molar-refractivity contribution in [2.75, 3.05) is 19.7 Å². The highest BCUT2D eigenvalue weighted by Crippen LogP contribution is 2.13. The summed E-state index contributed by atoms with van der Waals surface area (Å²) < 4.78 is 0. The Hall–Kier alpha value is -1.95. The first kappa shape index (κ1) is 17.4. The Bertz CT molecular complexity index is 501. The van der Waals surface area contributed by atoms with Crippen LogP contribution in [0.15, 0.2) is 24.4 Å². The maximum absolute atomic E-state index is 12.7. The number of aliphatic hydroxyl groups is 1. The van der Waals surface area contributed by atoms with E-state index in [2.05, 4.69) is 10.3 Å². The molecule has 0 saturated carbocycles. The first-order valence-corrected chi connectivity index (χ1v) is 8.34. The van der Waals surface area contributed by atoms with Gasteiger partial charge in [-0.25, -0.2) is 0 Å². The van der Waals surface area contributed by atoms with E-state index in [9.17, 15) is 9.59 Å². The molecule has 2 N–H and O–H groups in total. The van der Waals surface area contributed by atoms with E-state index >= 15 is 0 Å². The lowest BCUT2D eigenvalue weighted by atomic mass is 10.1. The maximum Gasteiger partial charge on any atom is 0.270 e. The lowest BCUT2D eigenvalue weighted by Gasteiger charge is -2.30. The molecule has 23 heavy (non-hydrogen) atoms. The lowest BCUT2D eigenvalue weighted by Crippen LogP contribution is -2.50. The molecule has 1 fully saturated rings. The van der Waals surface area contributed by atoms with Crippen LogP contribution in [0.5, 0.6) is 0 Å². The van der Waals surface area contributed by atoms with E-state index in [-0.39, 0.29) is 18.4 Å². The predicted octanol–water partition coefficient (Wildman–Crippen LogP) is 1.36. The molecule has 0 unspecified atom stereocenters. The molecule has 0 aliphatic carbocycles. The van der Waals surface area contributed by atoms with Crippen molar-refractivity contribution in [3.8, 4) is 0 Å². The average Bonchev–Trinajstić information content (AvgIpc) is 2.62. The van der Waals surface area contributed by atoms with Crippen LogP contribution in [0.2, 0.25) is 0 Å². The van der Waals surface area contributed by atoms with Crippen molar-refractivity contribution < 1.29 is 14.7 Å². The molecular formula is C17H25N3O3. The first-order valence-electron chi connectivity index (χ1n) is 8.34. The van der Waals surface area contributed by atoms with Gasteiger partial charge in [-0.05, 0) is 50.7 Å². The van der Waals surface area contributed by atoms with Gasteiger partial charge in [0.25, 0.3) is 5.91 Å². The number of unbranched alkanes of at least 4 members (excludes halogenated alkanes) is 1. The minimum atomic E-state index is -0.547. The molecule has 1 aromatic heterocycles. The molecule has 0 spiro atoms. The van der Waals surface area contributed by atoms with Gasteiger partial charge >= 0.3 is 0 Å². The summed E-state index contributed by atoms with van der Waals surface area (Å²) in [5.74, 6) is -0.350. The van der Waals surface area contributed by atoms with Crippen LogP contribution < -0.4 is 5.32 Å². The number of pyridine rings is 1. The molecule has 1 aliphatic rings. The van der Waals surface area contributed by atoms with Crippen molar-refractivity contribution in [3.05, 3.63) is 30.1 Å². The molecule has 6 heteroatoms. The van der Waals surface area contributed by atoms with E-state index in [1.165, 1.54) is 0 Å². The van der Waals surface area contributed by atoms with Crippen LogP contribution in [0.25, 0.3) is 0 Å². The molecule has 0 aromatic carbocycles. The van der Waals surface area contributed by atoms with E-state index < -0.39 is 6.04 Å². The zero-order valence-corrected chi connectivity index (χ0v) is 13.4. The summed E-state index contributed by atoms with van der Waals surface area (Å²) in [4.78, 5) is 30.8. The van der Waals surface area contributed by atoms with Gasteiger partial charge in [0.2, 0.25) is 5.91 Å². The van der Waals surface area contributed by atoms with Crippen LogP contribution in [0.1, 0.15) is 49.0 Å². The van der Waals surface area contributed by atoms with Crippen LogP contribution in [0.3, 0.4) is 0 Å². The number of piperidine rings is 1. The van der Waals surface area contributed by atoms with Crippen molar-refractivity contribution in [2.24, 2.45) is 0 Å². The molecule has 2 heterocycles. The van der Waals surface area contributed by atoms with Crippen molar-refractivity contribution >= 4 is 11.8 Å². The number of hydrogen-bond acceptors (Lipinski definition) is 4. The van der Waals surface area contributed by atoms with Crippen LogP contribution in [0.4, 0.5) is 0 Å². The summed E-state index contributed by atoms with van der Waals surface area (Å²) in [6.45, 7) is 1.61. The Morgan fingerprint density at radius 3 is 2.65 bits per heavy atom. The van der Waals surface area contributed by atoms with Gasteiger partial charge in [-0.3, -0.25) is 14.6 Å². The summed E-state index contributed by atoms with van der Waals surface area (Å²) in [6.07, 6.45) is 6.61. The van der Waals surface area contributed by atoms with Crippen molar-refractivity contribution in [1.82, 2.24) is 15.2 Å². The third-order valence-corrected chi connectivity index (χ3v) is 4.07. The third kappa shape index (κ3) is 5.32. The van der Waals surface area contributed by atoms with Crippen LogP contribution in [-0.2, 0) is 4.79 Å². The molecule has 126 valence electrons. The number of amides is 2. The second-order valence-electron chi connectivity index (χ2n) is 5.85. The number of rotatable bonds is 7. The molecule has 1 atom stereocenters. The number of aliphatic hydroxyl groups excluding tert-OH is 1. The van der Waals surface area contributed by atoms with Crippen LogP contribution in [0, 0.1) is 0 Å². The minimum Gasteiger partial charge on any atom is -0.396 e. The minimum absolute atomic E-state index is 0.0214. The topological polar surface area (TPSA) is 82.5 Å². The summed E-state index contributed by atoms with van der Waals surface area (Å²) in [7, 11) is 0. The van der Waals surface area contributed by atoms with Gasteiger partial charge < -0.3 is 15.3 Å². The number of hydrogen-bond donors (Lipinski definition) is 2. The molecule has 0 bridgehead atoms. The number of carbonyl (C=O) groups excluding carboxylic acids is 2. The predicted molar refractivity (Wildman–Crippen MR) is 86.9 cm³/mol. The Kier molecular flexibility index (Phi) is 7.00. The number of carbonyl (C=O) groups is 2. The van der Waals surface area contributed by atoms with E-state index in [0.29, 0.717) is 25.0 Å². The molecule has 2 amide bonds. The normalized spacial score (nSPS) is 16.0. The van der Waals surface area contributed by atoms with Gasteiger partial charge in [0.15, 0.2) is 0 Å². The Labute approximate surface area is 136 Å². The van der Waals surface area contributed by atoms with Gasteiger partial charge in [0.1, 0.15) is 11.7 Å². The molecule has 6 nitrogen and oxygen atoms in total. The second kappa shape index (κ2) is 9.25. The quantitative estimate of drug-likeness (QED) is 0.743. The summed E-state index contributed by atoms with van der Waals surface area (Å²) in [6, 6.07) is 4.57. The van der Waals surface area contributed by atoms with Crippen LogP contribution >= 0.6 is 0 Å². The largest absolute Gasteiger partial charge is 0.396 e. The Morgan fingerprint density at radius 2 is 2.00 bits per heavy atom. The monoisotopic (exact) mass is 319 g/mol. The smallest absolute Gasteiger partial charge is 0.270 e. The fourth-order valence-electron chi connectivity index (χ4n) is 2.78. The highest BCUT2D eigenvalue weighted by molar-refractivity contribution is 5.96. The van der Waals surface area contributed by atoms with Gasteiger partial charge in [-0.1, -0.05) is 6.07 Å². The number of nitrogens with one attached hydrogen (secondary N) is 1. The Morgan fingerprint density at radius 1 is 1.22 bits per heavy atom. The molecular weight excluding hydrogens is 294 g/mol. The third-order valence-electron chi connectivity index (χ3n) is 4.07. The maximum atomic E-state index is 12.7. The Balaban J connectivity index is 2.00. The van der Waals surface area contributed by atoms with E-state index in [0.717, 1.165) is 32.4 Å².